The first kappa shape index (κ1) is 41.3. The third-order valence-corrected chi connectivity index (χ3v) is 9.43. The summed E-state index contributed by atoms with van der Waals surface area (Å²) >= 11 is 0. The van der Waals surface area contributed by atoms with E-state index in [1.54, 1.807) is 0 Å². The monoisotopic (exact) mass is 669 g/mol. The van der Waals surface area contributed by atoms with E-state index < -0.39 is 0 Å². The van der Waals surface area contributed by atoms with E-state index in [-0.39, 0.29) is 11.9 Å². The van der Waals surface area contributed by atoms with Crippen LogP contribution in [0.3, 0.4) is 0 Å². The van der Waals surface area contributed by atoms with Gasteiger partial charge >= 0.3 is 11.9 Å². The number of hydrogen-bond donors (Lipinski definition) is 0. The minimum absolute atomic E-state index is 0.138. The van der Waals surface area contributed by atoms with Crippen molar-refractivity contribution in [1.82, 2.24) is 4.90 Å². The molecule has 1 amide bonds. The summed E-state index contributed by atoms with van der Waals surface area (Å²) in [5, 5.41) is 0. The van der Waals surface area contributed by atoms with Gasteiger partial charge in [-0.15, -0.1) is 0 Å². The second-order valence-electron chi connectivity index (χ2n) is 13.8. The molecular weight excluding hydrogens is 602 g/mol. The van der Waals surface area contributed by atoms with Crippen LogP contribution in [0.5, 0.6) is 5.75 Å². The Morgan fingerprint density at radius 1 is 0.688 bits per heavy atom. The van der Waals surface area contributed by atoms with Gasteiger partial charge in [-0.25, -0.2) is 0 Å². The van der Waals surface area contributed by atoms with E-state index >= 15 is 0 Å². The third kappa shape index (κ3) is 19.2. The molecule has 1 fully saturated rings. The van der Waals surface area contributed by atoms with Gasteiger partial charge in [-0.2, -0.15) is 0 Å². The Balaban J connectivity index is 1.50. The predicted octanol–water partition coefficient (Wildman–Crippen LogP) is 10.1. The fourth-order valence-electron chi connectivity index (χ4n) is 6.54. The standard InChI is InChI=1S/C41H67NO6/c1-5-8-9-10-11-12-16-30-47-40(44)17-14-13-15-18-41(45)48-38-25-23-36(24-26-38)32-34(4)46-31-27-35-19-21-37(22-20-35)33-39(43)42(28-6-2)29-7-3/h23-26,35,37H,4-22,27-33H2,1-3H3. The van der Waals surface area contributed by atoms with Crippen LogP contribution in [0.1, 0.15) is 155 Å². The van der Waals surface area contributed by atoms with Crippen LogP contribution in [-0.4, -0.2) is 49.0 Å². The second-order valence-corrected chi connectivity index (χ2v) is 13.8. The van der Waals surface area contributed by atoms with Crippen LogP contribution in [0, 0.1) is 11.8 Å². The van der Waals surface area contributed by atoms with Gasteiger partial charge in [0.05, 0.1) is 19.0 Å². The molecule has 0 heterocycles. The number of ether oxygens (including phenoxy) is 3. The van der Waals surface area contributed by atoms with Crippen LogP contribution >= 0.6 is 0 Å². The first-order valence-electron chi connectivity index (χ1n) is 19.4. The van der Waals surface area contributed by atoms with Gasteiger partial charge < -0.3 is 19.1 Å². The number of carbonyl (C=O) groups is 3. The van der Waals surface area contributed by atoms with Crippen molar-refractivity contribution in [1.29, 1.82) is 0 Å². The molecule has 0 bridgehead atoms. The van der Waals surface area contributed by atoms with Gasteiger partial charge in [-0.3, -0.25) is 14.4 Å². The molecule has 48 heavy (non-hydrogen) atoms. The number of hydrogen-bond acceptors (Lipinski definition) is 6. The molecule has 1 aliphatic rings. The third-order valence-electron chi connectivity index (χ3n) is 9.43. The Hall–Kier alpha value is -2.83. The van der Waals surface area contributed by atoms with Crippen LogP contribution in [0.25, 0.3) is 0 Å². The molecule has 0 N–H and O–H groups in total. The molecule has 1 aromatic rings. The largest absolute Gasteiger partial charge is 0.498 e. The summed E-state index contributed by atoms with van der Waals surface area (Å²) in [7, 11) is 0. The molecule has 0 atom stereocenters. The second kappa shape index (κ2) is 26.1. The molecule has 0 saturated heterocycles. The molecule has 1 aliphatic carbocycles. The van der Waals surface area contributed by atoms with E-state index in [0.29, 0.717) is 68.8 Å². The number of rotatable bonds is 27. The molecule has 0 radical (unpaired) electrons. The topological polar surface area (TPSA) is 82.1 Å². The summed E-state index contributed by atoms with van der Waals surface area (Å²) in [5.74, 6) is 2.40. The van der Waals surface area contributed by atoms with Crippen molar-refractivity contribution in [3.63, 3.8) is 0 Å². The van der Waals surface area contributed by atoms with Gasteiger partial charge in [0, 0.05) is 38.8 Å². The summed E-state index contributed by atoms with van der Waals surface area (Å²) in [6, 6.07) is 7.52. The van der Waals surface area contributed by atoms with Crippen molar-refractivity contribution >= 4 is 17.8 Å². The molecule has 272 valence electrons. The number of allylic oxidation sites excluding steroid dienone is 1. The quantitative estimate of drug-likeness (QED) is 0.0401. The van der Waals surface area contributed by atoms with Crippen molar-refractivity contribution in [2.24, 2.45) is 11.8 Å². The number of amides is 1. The molecule has 7 nitrogen and oxygen atoms in total. The van der Waals surface area contributed by atoms with E-state index in [9.17, 15) is 14.4 Å². The molecule has 0 unspecified atom stereocenters. The highest BCUT2D eigenvalue weighted by atomic mass is 16.5. The first-order valence-corrected chi connectivity index (χ1v) is 19.4. The van der Waals surface area contributed by atoms with Crippen molar-refractivity contribution in [2.45, 2.75) is 156 Å². The zero-order valence-electron chi connectivity index (χ0n) is 30.7. The molecule has 1 aromatic carbocycles. The van der Waals surface area contributed by atoms with Crippen LogP contribution in [0.4, 0.5) is 0 Å². The van der Waals surface area contributed by atoms with E-state index in [0.717, 1.165) is 82.2 Å². The molecule has 0 spiro atoms. The maximum absolute atomic E-state index is 12.7. The average molecular weight is 670 g/mol. The Morgan fingerprint density at radius 3 is 1.92 bits per heavy atom. The van der Waals surface area contributed by atoms with Crippen LogP contribution < -0.4 is 4.74 Å². The lowest BCUT2D eigenvalue weighted by Crippen LogP contribution is -2.34. The fraction of sp³-hybridized carbons (Fsp3) is 0.732. The summed E-state index contributed by atoms with van der Waals surface area (Å²) in [4.78, 5) is 39.0. The van der Waals surface area contributed by atoms with Crippen molar-refractivity contribution < 1.29 is 28.6 Å². The van der Waals surface area contributed by atoms with Crippen LogP contribution in [0.2, 0.25) is 0 Å². The summed E-state index contributed by atoms with van der Waals surface area (Å²) in [5.41, 5.74) is 1.06. The SMILES string of the molecule is C=C(Cc1ccc(OC(=O)CCCCCC(=O)OCCCCCCCCC)cc1)OCCC1CCC(CC(=O)N(CCC)CCC)CC1. The zero-order chi connectivity index (χ0) is 34.8. The van der Waals surface area contributed by atoms with Gasteiger partial charge in [0.2, 0.25) is 5.91 Å². The van der Waals surface area contributed by atoms with Gasteiger partial charge in [0.15, 0.2) is 0 Å². The lowest BCUT2D eigenvalue weighted by Gasteiger charge is -2.30. The predicted molar refractivity (Wildman–Crippen MR) is 195 cm³/mol. The zero-order valence-corrected chi connectivity index (χ0v) is 30.7. The highest BCUT2D eigenvalue weighted by Gasteiger charge is 2.25. The fourth-order valence-corrected chi connectivity index (χ4v) is 6.54. The van der Waals surface area contributed by atoms with E-state index in [2.05, 4.69) is 32.3 Å². The molecule has 0 aliphatic heterocycles. The van der Waals surface area contributed by atoms with Crippen molar-refractivity contribution in [2.75, 3.05) is 26.3 Å². The van der Waals surface area contributed by atoms with Crippen molar-refractivity contribution in [3.05, 3.63) is 42.2 Å². The number of nitrogens with zero attached hydrogens (tertiary/aromatic N) is 1. The minimum Gasteiger partial charge on any atom is -0.498 e. The highest BCUT2D eigenvalue weighted by molar-refractivity contribution is 5.76. The minimum atomic E-state index is -0.257. The number of esters is 2. The smallest absolute Gasteiger partial charge is 0.311 e. The molecular formula is C41H67NO6. The van der Waals surface area contributed by atoms with Crippen molar-refractivity contribution in [3.8, 4) is 5.75 Å². The highest BCUT2D eigenvalue weighted by Crippen LogP contribution is 2.33. The molecule has 0 aromatic heterocycles. The average Bonchev–Trinajstić information content (AvgIpc) is 3.07. The lowest BCUT2D eigenvalue weighted by atomic mass is 9.79. The van der Waals surface area contributed by atoms with Gasteiger partial charge in [-0.1, -0.05) is 97.3 Å². The van der Waals surface area contributed by atoms with Gasteiger partial charge in [0.25, 0.3) is 0 Å². The van der Waals surface area contributed by atoms with E-state index in [1.807, 2.05) is 24.3 Å². The first-order chi connectivity index (χ1) is 23.3. The van der Waals surface area contributed by atoms with Gasteiger partial charge in [0.1, 0.15) is 5.75 Å². The summed E-state index contributed by atoms with van der Waals surface area (Å²) in [6.45, 7) is 13.5. The van der Waals surface area contributed by atoms with Gasteiger partial charge in [-0.05, 0) is 80.9 Å². The van der Waals surface area contributed by atoms with E-state index in [4.69, 9.17) is 14.2 Å². The molecule has 1 saturated carbocycles. The Morgan fingerprint density at radius 2 is 1.27 bits per heavy atom. The molecule has 7 heteroatoms. The Bertz CT molecular complexity index is 1020. The summed E-state index contributed by atoms with van der Waals surface area (Å²) in [6.07, 6.45) is 20.4. The molecule has 2 rings (SSSR count). The normalized spacial score (nSPS) is 15.9. The maximum Gasteiger partial charge on any atom is 0.311 e. The van der Waals surface area contributed by atoms with Crippen LogP contribution in [-0.2, 0) is 30.3 Å². The van der Waals surface area contributed by atoms with E-state index in [1.165, 1.54) is 44.9 Å². The Kier molecular flexibility index (Phi) is 22.5. The number of benzene rings is 1. The lowest BCUT2D eigenvalue weighted by molar-refractivity contribution is -0.144. The number of unbranched alkanes of at least 4 members (excludes halogenated alkanes) is 8. The summed E-state index contributed by atoms with van der Waals surface area (Å²) < 4.78 is 16.8. The van der Waals surface area contributed by atoms with Crippen LogP contribution in [0.15, 0.2) is 36.6 Å². The Labute approximate surface area is 292 Å². The maximum atomic E-state index is 12.7. The number of carbonyl (C=O) groups excluding carboxylic acids is 3.